The monoisotopic (exact) mass is 314 g/mol. The fraction of sp³-hybridized carbons (Fsp3) is 0.643. The van der Waals surface area contributed by atoms with E-state index >= 15 is 0 Å². The van der Waals surface area contributed by atoms with Crippen molar-refractivity contribution in [3.05, 3.63) is 23.9 Å². The smallest absolute Gasteiger partial charge is 0.258 e. The highest BCUT2D eigenvalue weighted by Crippen LogP contribution is 2.06. The van der Waals surface area contributed by atoms with Gasteiger partial charge in [-0.1, -0.05) is 13.0 Å². The lowest BCUT2D eigenvalue weighted by atomic mass is 10.3. The fourth-order valence-electron chi connectivity index (χ4n) is 1.63. The maximum atomic E-state index is 12.1. The van der Waals surface area contributed by atoms with Crippen LogP contribution in [-0.2, 0) is 16.6 Å². The Bertz CT molecular complexity index is 514. The van der Waals surface area contributed by atoms with E-state index in [0.29, 0.717) is 25.7 Å². The fourth-order valence-corrected chi connectivity index (χ4v) is 2.58. The van der Waals surface area contributed by atoms with E-state index in [1.807, 2.05) is 14.0 Å². The van der Waals surface area contributed by atoms with Crippen LogP contribution in [0.4, 0.5) is 0 Å². The van der Waals surface area contributed by atoms with Crippen molar-refractivity contribution in [2.45, 2.75) is 38.4 Å². The minimum Gasteiger partial charge on any atom is -0.313 e. The summed E-state index contributed by atoms with van der Waals surface area (Å²) in [5.74, 6) is 0. The van der Waals surface area contributed by atoms with Crippen LogP contribution in [0.25, 0.3) is 0 Å². The molecule has 7 heteroatoms. The number of rotatable bonds is 9. The summed E-state index contributed by atoms with van der Waals surface area (Å²) in [5, 5.41) is 3.23. The molecule has 120 valence electrons. The predicted molar refractivity (Wildman–Crippen MR) is 84.6 cm³/mol. The van der Waals surface area contributed by atoms with Crippen LogP contribution in [0.3, 0.4) is 0 Å². The van der Waals surface area contributed by atoms with Crippen LogP contribution in [0.5, 0.6) is 0 Å². The third-order valence-corrected chi connectivity index (χ3v) is 4.67. The molecule has 1 heterocycles. The first-order valence-electron chi connectivity index (χ1n) is 7.22. The van der Waals surface area contributed by atoms with E-state index in [4.69, 9.17) is 0 Å². The number of likely N-dealkylation sites (N-methyl/N-ethyl adjacent to an activating group) is 1. The first kappa shape index (κ1) is 18.0. The first-order valence-corrected chi connectivity index (χ1v) is 8.70. The summed E-state index contributed by atoms with van der Waals surface area (Å²) in [5.41, 5.74) is 0.968. The average Bonchev–Trinajstić information content (AvgIpc) is 2.45. The Balaban J connectivity index is 2.57. The SMILES string of the molecule is CCNCc1ccc(S(=O)(=O)NCCN(C)C(C)C)nc1. The number of hydrogen-bond acceptors (Lipinski definition) is 5. The van der Waals surface area contributed by atoms with Crippen LogP contribution in [0.15, 0.2) is 23.4 Å². The second-order valence-corrected chi connectivity index (χ2v) is 6.97. The Morgan fingerprint density at radius 2 is 2.05 bits per heavy atom. The third-order valence-electron chi connectivity index (χ3n) is 3.29. The molecule has 0 radical (unpaired) electrons. The lowest BCUT2D eigenvalue weighted by Gasteiger charge is -2.20. The number of pyridine rings is 1. The number of sulfonamides is 1. The Kier molecular flexibility index (Phi) is 7.24. The summed E-state index contributed by atoms with van der Waals surface area (Å²) >= 11 is 0. The molecule has 1 rings (SSSR count). The molecule has 0 aromatic carbocycles. The Morgan fingerprint density at radius 3 is 2.57 bits per heavy atom. The molecule has 0 bridgehead atoms. The van der Waals surface area contributed by atoms with Crippen molar-refractivity contribution in [3.8, 4) is 0 Å². The van der Waals surface area contributed by atoms with Gasteiger partial charge in [0.05, 0.1) is 0 Å². The van der Waals surface area contributed by atoms with Gasteiger partial charge in [0.15, 0.2) is 5.03 Å². The number of hydrogen-bond donors (Lipinski definition) is 2. The highest BCUT2D eigenvalue weighted by Gasteiger charge is 2.15. The van der Waals surface area contributed by atoms with Crippen molar-refractivity contribution in [2.24, 2.45) is 0 Å². The molecule has 0 fully saturated rings. The predicted octanol–water partition coefficient (Wildman–Crippen LogP) is 0.810. The lowest BCUT2D eigenvalue weighted by Crippen LogP contribution is -2.36. The first-order chi connectivity index (χ1) is 9.86. The normalized spacial score (nSPS) is 12.3. The molecule has 0 atom stereocenters. The van der Waals surface area contributed by atoms with Gasteiger partial charge in [-0.15, -0.1) is 0 Å². The molecule has 0 aliphatic rings. The topological polar surface area (TPSA) is 74.3 Å². The summed E-state index contributed by atoms with van der Waals surface area (Å²) in [6.45, 7) is 8.75. The number of aromatic nitrogens is 1. The minimum atomic E-state index is -3.53. The molecule has 0 aliphatic heterocycles. The summed E-state index contributed by atoms with van der Waals surface area (Å²) in [6, 6.07) is 3.71. The van der Waals surface area contributed by atoms with Gasteiger partial charge in [-0.25, -0.2) is 18.1 Å². The van der Waals surface area contributed by atoms with Crippen molar-refractivity contribution in [1.82, 2.24) is 19.9 Å². The van der Waals surface area contributed by atoms with E-state index in [1.54, 1.807) is 18.3 Å². The van der Waals surface area contributed by atoms with Gasteiger partial charge < -0.3 is 10.2 Å². The molecule has 21 heavy (non-hydrogen) atoms. The average molecular weight is 314 g/mol. The van der Waals surface area contributed by atoms with Crippen molar-refractivity contribution >= 4 is 10.0 Å². The van der Waals surface area contributed by atoms with Crippen LogP contribution in [0.2, 0.25) is 0 Å². The summed E-state index contributed by atoms with van der Waals surface area (Å²) < 4.78 is 26.8. The minimum absolute atomic E-state index is 0.0648. The van der Waals surface area contributed by atoms with E-state index in [9.17, 15) is 8.42 Å². The van der Waals surface area contributed by atoms with Crippen molar-refractivity contribution in [1.29, 1.82) is 0 Å². The van der Waals surface area contributed by atoms with Crippen LogP contribution < -0.4 is 10.0 Å². The van der Waals surface area contributed by atoms with Gasteiger partial charge in [0.25, 0.3) is 10.0 Å². The van der Waals surface area contributed by atoms with E-state index in [1.165, 1.54) is 0 Å². The zero-order chi connectivity index (χ0) is 15.9. The lowest BCUT2D eigenvalue weighted by molar-refractivity contribution is 0.278. The Hall–Kier alpha value is -1.02. The van der Waals surface area contributed by atoms with Gasteiger partial charge >= 0.3 is 0 Å². The molecule has 6 nitrogen and oxygen atoms in total. The molecule has 1 aromatic rings. The summed E-state index contributed by atoms with van der Waals surface area (Å²) in [6.07, 6.45) is 1.59. The van der Waals surface area contributed by atoms with Crippen LogP contribution in [0, 0.1) is 0 Å². The van der Waals surface area contributed by atoms with Crippen molar-refractivity contribution in [3.63, 3.8) is 0 Å². The van der Waals surface area contributed by atoms with Gasteiger partial charge in [0, 0.05) is 31.9 Å². The molecular formula is C14H26N4O2S. The molecular weight excluding hydrogens is 288 g/mol. The zero-order valence-electron chi connectivity index (χ0n) is 13.3. The largest absolute Gasteiger partial charge is 0.313 e. The zero-order valence-corrected chi connectivity index (χ0v) is 14.1. The van der Waals surface area contributed by atoms with E-state index in [0.717, 1.165) is 12.1 Å². The van der Waals surface area contributed by atoms with Crippen molar-refractivity contribution < 1.29 is 8.42 Å². The van der Waals surface area contributed by atoms with Gasteiger partial charge in [0.2, 0.25) is 0 Å². The molecule has 0 unspecified atom stereocenters. The van der Waals surface area contributed by atoms with Crippen molar-refractivity contribution in [2.75, 3.05) is 26.7 Å². The highest BCUT2D eigenvalue weighted by molar-refractivity contribution is 7.89. The molecule has 0 saturated heterocycles. The quantitative estimate of drug-likeness (QED) is 0.705. The van der Waals surface area contributed by atoms with Gasteiger partial charge in [-0.3, -0.25) is 0 Å². The standard InChI is InChI=1S/C14H26N4O2S/c1-5-15-10-13-6-7-14(16-11-13)21(19,20)17-8-9-18(4)12(2)3/h6-7,11-12,15,17H,5,8-10H2,1-4H3. The Labute approximate surface area is 128 Å². The molecule has 0 spiro atoms. The number of nitrogens with zero attached hydrogens (tertiary/aromatic N) is 2. The molecule has 1 aromatic heterocycles. The van der Waals surface area contributed by atoms with Crippen LogP contribution in [-0.4, -0.2) is 51.0 Å². The van der Waals surface area contributed by atoms with Crippen LogP contribution in [0.1, 0.15) is 26.3 Å². The van der Waals surface area contributed by atoms with E-state index < -0.39 is 10.0 Å². The molecule has 2 N–H and O–H groups in total. The Morgan fingerprint density at radius 1 is 1.33 bits per heavy atom. The van der Waals surface area contributed by atoms with E-state index in [2.05, 4.69) is 33.8 Å². The summed E-state index contributed by atoms with van der Waals surface area (Å²) in [7, 11) is -1.56. The maximum Gasteiger partial charge on any atom is 0.258 e. The van der Waals surface area contributed by atoms with Gasteiger partial charge in [-0.2, -0.15) is 0 Å². The summed E-state index contributed by atoms with van der Waals surface area (Å²) in [4.78, 5) is 6.11. The van der Waals surface area contributed by atoms with Gasteiger partial charge in [0.1, 0.15) is 0 Å². The number of nitrogens with one attached hydrogen (secondary N) is 2. The van der Waals surface area contributed by atoms with Gasteiger partial charge in [-0.05, 0) is 39.1 Å². The van der Waals surface area contributed by atoms with Crippen LogP contribution >= 0.6 is 0 Å². The van der Waals surface area contributed by atoms with E-state index in [-0.39, 0.29) is 5.03 Å². The maximum absolute atomic E-state index is 12.1. The third kappa shape index (κ3) is 6.09. The highest BCUT2D eigenvalue weighted by atomic mass is 32.2. The molecule has 0 aliphatic carbocycles. The second kappa shape index (κ2) is 8.43. The molecule has 0 amide bonds. The molecule has 0 saturated carbocycles. The second-order valence-electron chi connectivity index (χ2n) is 5.26.